The van der Waals surface area contributed by atoms with Gasteiger partial charge in [0.2, 0.25) is 0 Å². The van der Waals surface area contributed by atoms with Crippen molar-refractivity contribution in [3.63, 3.8) is 0 Å². The SMILES string of the molecule is CCCN1CCN(CC2CCC(C)(C)C2N)CC1. The van der Waals surface area contributed by atoms with E-state index in [0.29, 0.717) is 11.5 Å². The molecule has 0 aromatic heterocycles. The molecule has 2 unspecified atom stereocenters. The predicted molar refractivity (Wildman–Crippen MR) is 77.7 cm³/mol. The van der Waals surface area contributed by atoms with Crippen LogP contribution in [0.25, 0.3) is 0 Å². The summed E-state index contributed by atoms with van der Waals surface area (Å²) in [5, 5.41) is 0. The molecule has 1 saturated carbocycles. The van der Waals surface area contributed by atoms with Crippen LogP contribution in [0.4, 0.5) is 0 Å². The maximum atomic E-state index is 6.41. The van der Waals surface area contributed by atoms with E-state index < -0.39 is 0 Å². The Morgan fingerprint density at radius 1 is 1.11 bits per heavy atom. The smallest absolute Gasteiger partial charge is 0.0131 e. The lowest BCUT2D eigenvalue weighted by Crippen LogP contribution is -2.50. The summed E-state index contributed by atoms with van der Waals surface area (Å²) in [6, 6.07) is 0.395. The number of rotatable bonds is 4. The zero-order valence-corrected chi connectivity index (χ0v) is 12.5. The second-order valence-electron chi connectivity index (χ2n) is 6.96. The summed E-state index contributed by atoms with van der Waals surface area (Å²) in [6.45, 7) is 14.4. The maximum Gasteiger partial charge on any atom is 0.0131 e. The molecule has 1 aliphatic carbocycles. The van der Waals surface area contributed by atoms with Crippen molar-refractivity contribution in [1.29, 1.82) is 0 Å². The molecule has 2 rings (SSSR count). The fourth-order valence-corrected chi connectivity index (χ4v) is 3.59. The molecule has 1 heterocycles. The van der Waals surface area contributed by atoms with Gasteiger partial charge in [0.1, 0.15) is 0 Å². The standard InChI is InChI=1S/C15H31N3/c1-4-7-17-8-10-18(11-9-17)12-13-5-6-15(2,3)14(13)16/h13-14H,4-12,16H2,1-3H3. The van der Waals surface area contributed by atoms with Gasteiger partial charge in [0.15, 0.2) is 0 Å². The van der Waals surface area contributed by atoms with Gasteiger partial charge in [0.25, 0.3) is 0 Å². The number of nitrogens with two attached hydrogens (primary N) is 1. The van der Waals surface area contributed by atoms with Gasteiger partial charge in [-0.3, -0.25) is 0 Å². The van der Waals surface area contributed by atoms with Gasteiger partial charge in [-0.15, -0.1) is 0 Å². The highest BCUT2D eigenvalue weighted by Gasteiger charge is 2.40. The van der Waals surface area contributed by atoms with Gasteiger partial charge in [-0.2, -0.15) is 0 Å². The van der Waals surface area contributed by atoms with Gasteiger partial charge < -0.3 is 15.5 Å². The van der Waals surface area contributed by atoms with E-state index in [9.17, 15) is 0 Å². The van der Waals surface area contributed by atoms with Gasteiger partial charge in [-0.25, -0.2) is 0 Å². The van der Waals surface area contributed by atoms with Crippen molar-refractivity contribution in [2.75, 3.05) is 39.3 Å². The van der Waals surface area contributed by atoms with Crippen LogP contribution in [0.3, 0.4) is 0 Å². The number of piperazine rings is 1. The second-order valence-corrected chi connectivity index (χ2v) is 6.96. The Kier molecular flexibility index (Phi) is 4.68. The van der Waals surface area contributed by atoms with E-state index in [2.05, 4.69) is 30.6 Å². The molecule has 0 bridgehead atoms. The molecule has 2 fully saturated rings. The third kappa shape index (κ3) is 3.25. The maximum absolute atomic E-state index is 6.41. The summed E-state index contributed by atoms with van der Waals surface area (Å²) in [7, 11) is 0. The van der Waals surface area contributed by atoms with Gasteiger partial charge in [-0.05, 0) is 37.1 Å². The summed E-state index contributed by atoms with van der Waals surface area (Å²) < 4.78 is 0. The molecule has 0 aromatic rings. The summed E-state index contributed by atoms with van der Waals surface area (Å²) in [5.41, 5.74) is 6.77. The average molecular weight is 253 g/mol. The Morgan fingerprint density at radius 2 is 1.72 bits per heavy atom. The van der Waals surface area contributed by atoms with Crippen molar-refractivity contribution in [2.24, 2.45) is 17.1 Å². The van der Waals surface area contributed by atoms with E-state index in [1.165, 1.54) is 58.5 Å². The van der Waals surface area contributed by atoms with Crippen molar-refractivity contribution < 1.29 is 0 Å². The monoisotopic (exact) mass is 253 g/mol. The minimum absolute atomic E-state index is 0.356. The molecule has 3 nitrogen and oxygen atoms in total. The van der Waals surface area contributed by atoms with Crippen molar-refractivity contribution >= 4 is 0 Å². The van der Waals surface area contributed by atoms with Crippen LogP contribution in [0.2, 0.25) is 0 Å². The molecule has 18 heavy (non-hydrogen) atoms. The molecule has 0 spiro atoms. The Labute approximate surface area is 113 Å². The van der Waals surface area contributed by atoms with Crippen LogP contribution in [0.5, 0.6) is 0 Å². The fraction of sp³-hybridized carbons (Fsp3) is 1.00. The highest BCUT2D eigenvalue weighted by atomic mass is 15.3. The van der Waals surface area contributed by atoms with Gasteiger partial charge in [0, 0.05) is 38.8 Å². The van der Waals surface area contributed by atoms with E-state index in [-0.39, 0.29) is 0 Å². The number of hydrogen-bond acceptors (Lipinski definition) is 3. The van der Waals surface area contributed by atoms with Gasteiger partial charge in [0.05, 0.1) is 0 Å². The van der Waals surface area contributed by atoms with Gasteiger partial charge >= 0.3 is 0 Å². The van der Waals surface area contributed by atoms with E-state index in [0.717, 1.165) is 5.92 Å². The Morgan fingerprint density at radius 3 is 2.22 bits per heavy atom. The Hall–Kier alpha value is -0.120. The molecule has 0 aromatic carbocycles. The molecule has 1 aliphatic heterocycles. The zero-order chi connectivity index (χ0) is 13.2. The highest BCUT2D eigenvalue weighted by Crippen LogP contribution is 2.40. The third-order valence-corrected chi connectivity index (χ3v) is 5.07. The largest absolute Gasteiger partial charge is 0.327 e. The lowest BCUT2D eigenvalue weighted by Gasteiger charge is -2.37. The first-order valence-electron chi connectivity index (χ1n) is 7.73. The molecule has 1 saturated heterocycles. The Bertz CT molecular complexity index is 256. The van der Waals surface area contributed by atoms with Crippen molar-refractivity contribution in [3.05, 3.63) is 0 Å². The highest BCUT2D eigenvalue weighted by molar-refractivity contribution is 4.95. The molecule has 0 amide bonds. The first-order valence-corrected chi connectivity index (χ1v) is 7.73. The van der Waals surface area contributed by atoms with Crippen LogP contribution in [-0.4, -0.2) is 55.1 Å². The average Bonchev–Trinajstić information content (AvgIpc) is 2.59. The van der Waals surface area contributed by atoms with Crippen molar-refractivity contribution in [2.45, 2.75) is 46.1 Å². The third-order valence-electron chi connectivity index (χ3n) is 5.07. The Balaban J connectivity index is 1.75. The first kappa shape index (κ1) is 14.3. The molecule has 2 N–H and O–H groups in total. The van der Waals surface area contributed by atoms with E-state index >= 15 is 0 Å². The van der Waals surface area contributed by atoms with E-state index in [1.807, 2.05) is 0 Å². The van der Waals surface area contributed by atoms with Crippen LogP contribution in [0.15, 0.2) is 0 Å². The van der Waals surface area contributed by atoms with Gasteiger partial charge in [-0.1, -0.05) is 20.8 Å². The van der Waals surface area contributed by atoms with Crippen molar-refractivity contribution in [3.8, 4) is 0 Å². The van der Waals surface area contributed by atoms with Crippen LogP contribution < -0.4 is 5.73 Å². The zero-order valence-electron chi connectivity index (χ0n) is 12.5. The van der Waals surface area contributed by atoms with Crippen molar-refractivity contribution in [1.82, 2.24) is 9.80 Å². The number of hydrogen-bond donors (Lipinski definition) is 1. The lowest BCUT2D eigenvalue weighted by molar-refractivity contribution is 0.112. The lowest BCUT2D eigenvalue weighted by atomic mass is 9.85. The normalized spacial score (nSPS) is 34.0. The molecular weight excluding hydrogens is 222 g/mol. The summed E-state index contributed by atoms with van der Waals surface area (Å²) in [4.78, 5) is 5.23. The summed E-state index contributed by atoms with van der Waals surface area (Å²) >= 11 is 0. The van der Waals surface area contributed by atoms with Crippen LogP contribution in [0.1, 0.15) is 40.0 Å². The molecule has 0 radical (unpaired) electrons. The predicted octanol–water partition coefficient (Wildman–Crippen LogP) is 1.78. The van der Waals surface area contributed by atoms with Crippen LogP contribution >= 0.6 is 0 Å². The molecule has 3 heteroatoms. The quantitative estimate of drug-likeness (QED) is 0.829. The molecule has 2 atom stereocenters. The molecule has 2 aliphatic rings. The summed E-state index contributed by atoms with van der Waals surface area (Å²) in [6.07, 6.45) is 3.90. The number of nitrogens with zero attached hydrogens (tertiary/aromatic N) is 2. The minimum atomic E-state index is 0.356. The topological polar surface area (TPSA) is 32.5 Å². The first-order chi connectivity index (χ1) is 8.53. The summed E-state index contributed by atoms with van der Waals surface area (Å²) in [5.74, 6) is 0.720. The van der Waals surface area contributed by atoms with Crippen LogP contribution in [-0.2, 0) is 0 Å². The second kappa shape index (κ2) is 5.89. The van der Waals surface area contributed by atoms with E-state index in [1.54, 1.807) is 0 Å². The van der Waals surface area contributed by atoms with E-state index in [4.69, 9.17) is 5.73 Å². The minimum Gasteiger partial charge on any atom is -0.327 e. The fourth-order valence-electron chi connectivity index (χ4n) is 3.59. The molecular formula is C15H31N3. The molecule has 106 valence electrons. The van der Waals surface area contributed by atoms with Crippen LogP contribution in [0, 0.1) is 11.3 Å².